The van der Waals surface area contributed by atoms with E-state index in [1.165, 1.54) is 0 Å². The van der Waals surface area contributed by atoms with Crippen molar-refractivity contribution in [1.29, 1.82) is 0 Å². The zero-order valence-corrected chi connectivity index (χ0v) is 11.4. The van der Waals surface area contributed by atoms with E-state index in [0.717, 1.165) is 45.2 Å². The molecule has 1 amide bonds. The van der Waals surface area contributed by atoms with Crippen LogP contribution in [0.5, 0.6) is 0 Å². The Labute approximate surface area is 109 Å². The van der Waals surface area contributed by atoms with Gasteiger partial charge in [-0.05, 0) is 37.9 Å². The number of unbranched alkanes of at least 4 members (excludes halogenated alkanes) is 1. The molecular weight excluding hydrogens is 234 g/mol. The molecular formula is C12H23N3OS. The van der Waals surface area contributed by atoms with Crippen LogP contribution in [-0.2, 0) is 4.79 Å². The zero-order valence-electron chi connectivity index (χ0n) is 10.6. The first kappa shape index (κ1) is 14.2. The van der Waals surface area contributed by atoms with Crippen molar-refractivity contribution >= 4 is 23.2 Å². The first-order valence-electron chi connectivity index (χ1n) is 6.53. The molecule has 0 aromatic rings. The second-order valence-corrected chi connectivity index (χ2v) is 4.89. The summed E-state index contributed by atoms with van der Waals surface area (Å²) in [6.07, 6.45) is 6.00. The van der Waals surface area contributed by atoms with Crippen molar-refractivity contribution in [3.63, 3.8) is 0 Å². The summed E-state index contributed by atoms with van der Waals surface area (Å²) in [4.78, 5) is 11.4. The van der Waals surface area contributed by atoms with E-state index in [1.807, 2.05) is 0 Å². The predicted molar refractivity (Wildman–Crippen MR) is 73.9 cm³/mol. The van der Waals surface area contributed by atoms with Gasteiger partial charge in [0, 0.05) is 25.6 Å². The third-order valence-corrected chi connectivity index (χ3v) is 2.91. The molecule has 0 atom stereocenters. The van der Waals surface area contributed by atoms with Crippen molar-refractivity contribution in [3.05, 3.63) is 0 Å². The number of carbonyl (C=O) groups is 1. The largest absolute Gasteiger partial charge is 0.363 e. The van der Waals surface area contributed by atoms with Crippen molar-refractivity contribution in [1.82, 2.24) is 16.0 Å². The molecule has 0 radical (unpaired) electrons. The fraction of sp³-hybridized carbons (Fsp3) is 0.833. The van der Waals surface area contributed by atoms with Gasteiger partial charge in [0.15, 0.2) is 5.11 Å². The van der Waals surface area contributed by atoms with Crippen molar-refractivity contribution in [3.8, 4) is 0 Å². The highest BCUT2D eigenvalue weighted by Gasteiger charge is 2.22. The lowest BCUT2D eigenvalue weighted by atomic mass is 10.3. The summed E-state index contributed by atoms with van der Waals surface area (Å²) in [5, 5.41) is 9.90. The normalized spacial score (nSPS) is 14.2. The number of hydrogen-bond acceptors (Lipinski definition) is 2. The van der Waals surface area contributed by atoms with Gasteiger partial charge in [-0.15, -0.1) is 0 Å². The lowest BCUT2D eigenvalue weighted by molar-refractivity contribution is -0.121. The molecule has 1 aliphatic carbocycles. The molecule has 0 spiro atoms. The van der Waals surface area contributed by atoms with Crippen LogP contribution in [0.25, 0.3) is 0 Å². The van der Waals surface area contributed by atoms with Gasteiger partial charge < -0.3 is 16.0 Å². The van der Waals surface area contributed by atoms with Crippen LogP contribution in [0, 0.1) is 0 Å². The standard InChI is InChI=1S/C12H23N3OS/c1-2-3-8-13-12(17)14-9-4-5-11(16)15-10-6-7-10/h10H,2-9H2,1H3,(H,15,16)(H2,13,14,17). The minimum absolute atomic E-state index is 0.166. The van der Waals surface area contributed by atoms with Gasteiger partial charge in [0.2, 0.25) is 5.91 Å². The molecule has 1 aliphatic rings. The van der Waals surface area contributed by atoms with E-state index in [2.05, 4.69) is 22.9 Å². The minimum Gasteiger partial charge on any atom is -0.363 e. The quantitative estimate of drug-likeness (QED) is 0.453. The molecule has 0 unspecified atom stereocenters. The highest BCUT2D eigenvalue weighted by atomic mass is 32.1. The SMILES string of the molecule is CCCCNC(=S)NCCCC(=O)NC1CC1. The molecule has 4 nitrogen and oxygen atoms in total. The monoisotopic (exact) mass is 257 g/mol. The first-order chi connectivity index (χ1) is 8.22. The van der Waals surface area contributed by atoms with Gasteiger partial charge in [0.1, 0.15) is 0 Å². The Kier molecular flexibility index (Phi) is 6.93. The van der Waals surface area contributed by atoms with Gasteiger partial charge in [0.05, 0.1) is 0 Å². The van der Waals surface area contributed by atoms with Crippen LogP contribution in [0.15, 0.2) is 0 Å². The van der Waals surface area contributed by atoms with E-state index in [0.29, 0.717) is 17.6 Å². The molecule has 17 heavy (non-hydrogen) atoms. The maximum Gasteiger partial charge on any atom is 0.220 e. The number of hydrogen-bond donors (Lipinski definition) is 3. The third kappa shape index (κ3) is 7.96. The molecule has 98 valence electrons. The van der Waals surface area contributed by atoms with E-state index < -0.39 is 0 Å². The van der Waals surface area contributed by atoms with Crippen LogP contribution in [0.4, 0.5) is 0 Å². The molecule has 0 heterocycles. The predicted octanol–water partition coefficient (Wildman–Crippen LogP) is 1.31. The molecule has 3 N–H and O–H groups in total. The minimum atomic E-state index is 0.166. The van der Waals surface area contributed by atoms with Gasteiger partial charge in [-0.2, -0.15) is 0 Å². The Balaban J connectivity index is 1.88. The topological polar surface area (TPSA) is 53.2 Å². The average molecular weight is 257 g/mol. The molecule has 1 rings (SSSR count). The maximum absolute atomic E-state index is 11.4. The number of nitrogens with one attached hydrogen (secondary N) is 3. The van der Waals surface area contributed by atoms with Crippen LogP contribution in [0.1, 0.15) is 45.4 Å². The van der Waals surface area contributed by atoms with Crippen molar-refractivity contribution < 1.29 is 4.79 Å². The number of amides is 1. The Bertz CT molecular complexity index is 254. The van der Waals surface area contributed by atoms with Crippen LogP contribution in [0.3, 0.4) is 0 Å². The van der Waals surface area contributed by atoms with Gasteiger partial charge in [-0.3, -0.25) is 4.79 Å². The van der Waals surface area contributed by atoms with E-state index in [1.54, 1.807) is 0 Å². The Hall–Kier alpha value is -0.840. The maximum atomic E-state index is 11.4. The fourth-order valence-corrected chi connectivity index (χ4v) is 1.62. The molecule has 0 bridgehead atoms. The van der Waals surface area contributed by atoms with Crippen molar-refractivity contribution in [2.45, 2.75) is 51.5 Å². The molecule has 0 saturated heterocycles. The van der Waals surface area contributed by atoms with E-state index in [9.17, 15) is 4.79 Å². The second kappa shape index (κ2) is 8.28. The number of carbonyl (C=O) groups excluding carboxylic acids is 1. The molecule has 1 saturated carbocycles. The van der Waals surface area contributed by atoms with E-state index in [4.69, 9.17) is 12.2 Å². The fourth-order valence-electron chi connectivity index (χ4n) is 1.42. The van der Waals surface area contributed by atoms with Gasteiger partial charge >= 0.3 is 0 Å². The first-order valence-corrected chi connectivity index (χ1v) is 6.94. The lowest BCUT2D eigenvalue weighted by Crippen LogP contribution is -2.36. The highest BCUT2D eigenvalue weighted by molar-refractivity contribution is 7.80. The van der Waals surface area contributed by atoms with Crippen LogP contribution in [-0.4, -0.2) is 30.2 Å². The van der Waals surface area contributed by atoms with E-state index in [-0.39, 0.29) is 5.91 Å². The number of rotatable bonds is 8. The molecule has 0 aromatic heterocycles. The molecule has 1 fully saturated rings. The third-order valence-electron chi connectivity index (χ3n) is 2.62. The second-order valence-electron chi connectivity index (χ2n) is 4.48. The molecule has 0 aromatic carbocycles. The summed E-state index contributed by atoms with van der Waals surface area (Å²) in [6, 6.07) is 0.465. The Morgan fingerprint density at radius 1 is 1.24 bits per heavy atom. The Morgan fingerprint density at radius 2 is 1.88 bits per heavy atom. The van der Waals surface area contributed by atoms with E-state index >= 15 is 0 Å². The van der Waals surface area contributed by atoms with Crippen LogP contribution < -0.4 is 16.0 Å². The molecule has 0 aliphatic heterocycles. The lowest BCUT2D eigenvalue weighted by Gasteiger charge is -2.09. The zero-order chi connectivity index (χ0) is 12.5. The average Bonchev–Trinajstić information content (AvgIpc) is 3.09. The highest BCUT2D eigenvalue weighted by Crippen LogP contribution is 2.18. The van der Waals surface area contributed by atoms with Crippen LogP contribution >= 0.6 is 12.2 Å². The summed E-state index contributed by atoms with van der Waals surface area (Å²) in [7, 11) is 0. The summed E-state index contributed by atoms with van der Waals surface area (Å²) in [6.45, 7) is 3.83. The van der Waals surface area contributed by atoms with Crippen molar-refractivity contribution in [2.75, 3.05) is 13.1 Å². The number of thiocarbonyl (C=S) groups is 1. The summed E-state index contributed by atoms with van der Waals surface area (Å²) >= 11 is 5.10. The summed E-state index contributed by atoms with van der Waals surface area (Å²) < 4.78 is 0. The molecule has 5 heteroatoms. The summed E-state index contributed by atoms with van der Waals surface area (Å²) in [5.74, 6) is 0.166. The van der Waals surface area contributed by atoms with Crippen molar-refractivity contribution in [2.24, 2.45) is 0 Å². The summed E-state index contributed by atoms with van der Waals surface area (Å²) in [5.41, 5.74) is 0. The Morgan fingerprint density at radius 3 is 2.47 bits per heavy atom. The van der Waals surface area contributed by atoms with Gasteiger partial charge in [-0.25, -0.2) is 0 Å². The van der Waals surface area contributed by atoms with Gasteiger partial charge in [-0.1, -0.05) is 13.3 Å². The van der Waals surface area contributed by atoms with Crippen LogP contribution in [0.2, 0.25) is 0 Å². The van der Waals surface area contributed by atoms with Gasteiger partial charge in [0.25, 0.3) is 0 Å². The smallest absolute Gasteiger partial charge is 0.220 e.